The Hall–Kier alpha value is -1.03. The van der Waals surface area contributed by atoms with E-state index < -0.39 is 5.54 Å². The number of hydrogen-bond donors (Lipinski definition) is 1. The van der Waals surface area contributed by atoms with E-state index >= 15 is 0 Å². The van der Waals surface area contributed by atoms with E-state index in [0.717, 1.165) is 25.7 Å². The quantitative estimate of drug-likeness (QED) is 0.465. The summed E-state index contributed by atoms with van der Waals surface area (Å²) in [5, 5.41) is 0. The van der Waals surface area contributed by atoms with Crippen molar-refractivity contribution in [3.8, 4) is 0 Å². The van der Waals surface area contributed by atoms with Crippen LogP contribution in [0.1, 0.15) is 39.0 Å². The van der Waals surface area contributed by atoms with Gasteiger partial charge in [0.1, 0.15) is 0 Å². The van der Waals surface area contributed by atoms with Crippen molar-refractivity contribution in [1.82, 2.24) is 0 Å². The molecule has 4 heteroatoms. The molecule has 92 valence electrons. The Morgan fingerprint density at radius 2 is 2.12 bits per heavy atom. The standard InChI is InChI=1S/C13H17NO2S/c1-2-3-7-10(17)11-14-13(12(15)16-11)8-5-4-6-9-13/h2-3,7,17H,4-6,8-9H2,1H3/b3-2+,10-7-. The maximum Gasteiger partial charge on any atom is 0.340 e. The first kappa shape index (κ1) is 12.4. The van der Waals surface area contributed by atoms with E-state index in [1.807, 2.05) is 19.1 Å². The number of cyclic esters (lactones) is 1. The van der Waals surface area contributed by atoms with Crippen LogP contribution in [0.25, 0.3) is 0 Å². The second-order valence-electron chi connectivity index (χ2n) is 4.48. The molecule has 0 aromatic rings. The maximum atomic E-state index is 11.9. The minimum Gasteiger partial charge on any atom is -0.405 e. The number of allylic oxidation sites excluding steroid dienone is 3. The Morgan fingerprint density at radius 1 is 1.41 bits per heavy atom. The average molecular weight is 251 g/mol. The summed E-state index contributed by atoms with van der Waals surface area (Å²) >= 11 is 4.30. The third-order valence-electron chi connectivity index (χ3n) is 3.23. The monoisotopic (exact) mass is 251 g/mol. The zero-order valence-electron chi connectivity index (χ0n) is 9.98. The summed E-state index contributed by atoms with van der Waals surface area (Å²) in [5.74, 6) is 0.172. The van der Waals surface area contributed by atoms with Crippen LogP contribution in [0, 0.1) is 0 Å². The molecule has 17 heavy (non-hydrogen) atoms. The van der Waals surface area contributed by atoms with Gasteiger partial charge in [0.15, 0.2) is 5.54 Å². The molecule has 2 aliphatic rings. The van der Waals surface area contributed by atoms with Crippen LogP contribution in [-0.4, -0.2) is 17.4 Å². The van der Waals surface area contributed by atoms with Gasteiger partial charge in [0.2, 0.25) is 5.90 Å². The highest BCUT2D eigenvalue weighted by Gasteiger charge is 2.46. The first-order chi connectivity index (χ1) is 8.18. The zero-order chi connectivity index (χ0) is 12.3. The van der Waals surface area contributed by atoms with Gasteiger partial charge in [0.25, 0.3) is 0 Å². The smallest absolute Gasteiger partial charge is 0.340 e. The second kappa shape index (κ2) is 5.08. The number of nitrogens with zero attached hydrogens (tertiary/aromatic N) is 1. The van der Waals surface area contributed by atoms with Crippen LogP contribution < -0.4 is 0 Å². The highest BCUT2D eigenvalue weighted by atomic mass is 32.1. The number of rotatable bonds is 2. The molecular formula is C13H17NO2S. The van der Waals surface area contributed by atoms with Gasteiger partial charge in [-0.1, -0.05) is 31.4 Å². The van der Waals surface area contributed by atoms with Gasteiger partial charge in [-0.3, -0.25) is 0 Å². The third kappa shape index (κ3) is 2.46. The van der Waals surface area contributed by atoms with E-state index in [4.69, 9.17) is 4.74 Å². The third-order valence-corrected chi connectivity index (χ3v) is 3.57. The number of hydrogen-bond acceptors (Lipinski definition) is 4. The number of thiol groups is 1. The molecule has 0 unspecified atom stereocenters. The summed E-state index contributed by atoms with van der Waals surface area (Å²) in [6, 6.07) is 0. The molecule has 1 spiro atoms. The minimum atomic E-state index is -0.606. The predicted molar refractivity (Wildman–Crippen MR) is 71.2 cm³/mol. The molecule has 0 amide bonds. The van der Waals surface area contributed by atoms with Gasteiger partial charge in [0, 0.05) is 0 Å². The summed E-state index contributed by atoms with van der Waals surface area (Å²) in [6.45, 7) is 1.92. The van der Waals surface area contributed by atoms with Gasteiger partial charge in [-0.25, -0.2) is 9.79 Å². The van der Waals surface area contributed by atoms with E-state index in [1.165, 1.54) is 6.42 Å². The summed E-state index contributed by atoms with van der Waals surface area (Å²) < 4.78 is 5.25. The van der Waals surface area contributed by atoms with Crippen molar-refractivity contribution >= 4 is 24.5 Å². The summed E-state index contributed by atoms with van der Waals surface area (Å²) in [6.07, 6.45) is 10.4. The molecule has 2 rings (SSSR count). The van der Waals surface area contributed by atoms with E-state index in [0.29, 0.717) is 10.8 Å². The van der Waals surface area contributed by atoms with E-state index in [1.54, 1.807) is 6.08 Å². The molecule has 0 N–H and O–H groups in total. The molecule has 0 aromatic carbocycles. The first-order valence-electron chi connectivity index (χ1n) is 6.02. The molecular weight excluding hydrogens is 234 g/mol. The number of aliphatic imine (C=N–C) groups is 1. The Balaban J connectivity index is 2.21. The average Bonchev–Trinajstić information content (AvgIpc) is 2.65. The zero-order valence-corrected chi connectivity index (χ0v) is 10.9. The lowest BCUT2D eigenvalue weighted by atomic mass is 9.83. The fraction of sp³-hybridized carbons (Fsp3) is 0.538. The van der Waals surface area contributed by atoms with Crippen molar-refractivity contribution < 1.29 is 9.53 Å². The Bertz CT molecular complexity index is 404. The molecule has 0 bridgehead atoms. The Morgan fingerprint density at radius 3 is 2.76 bits per heavy atom. The number of carbonyl (C=O) groups is 1. The van der Waals surface area contributed by atoms with Gasteiger partial charge >= 0.3 is 5.97 Å². The molecule has 1 heterocycles. The first-order valence-corrected chi connectivity index (χ1v) is 6.47. The lowest BCUT2D eigenvalue weighted by Crippen LogP contribution is -2.35. The van der Waals surface area contributed by atoms with Gasteiger partial charge in [-0.05, 0) is 25.8 Å². The van der Waals surface area contributed by atoms with E-state index in [2.05, 4.69) is 17.6 Å². The van der Waals surface area contributed by atoms with Gasteiger partial charge in [-0.2, -0.15) is 0 Å². The maximum absolute atomic E-state index is 11.9. The molecule has 0 saturated heterocycles. The summed E-state index contributed by atoms with van der Waals surface area (Å²) in [5.41, 5.74) is -0.606. The van der Waals surface area contributed by atoms with Crippen molar-refractivity contribution in [3.63, 3.8) is 0 Å². The van der Waals surface area contributed by atoms with E-state index in [-0.39, 0.29) is 5.97 Å². The fourth-order valence-corrected chi connectivity index (χ4v) is 2.45. The van der Waals surface area contributed by atoms with Crippen molar-refractivity contribution in [3.05, 3.63) is 23.1 Å². The number of carbonyl (C=O) groups excluding carboxylic acids is 1. The van der Waals surface area contributed by atoms with Crippen molar-refractivity contribution in [2.45, 2.75) is 44.6 Å². The molecule has 1 aliphatic heterocycles. The Labute approximate surface area is 107 Å². The van der Waals surface area contributed by atoms with Gasteiger partial charge in [0.05, 0.1) is 4.91 Å². The molecule has 0 atom stereocenters. The predicted octanol–water partition coefficient (Wildman–Crippen LogP) is 3.03. The highest BCUT2D eigenvalue weighted by molar-refractivity contribution is 7.85. The van der Waals surface area contributed by atoms with Crippen LogP contribution in [-0.2, 0) is 9.53 Å². The highest BCUT2D eigenvalue weighted by Crippen LogP contribution is 2.37. The van der Waals surface area contributed by atoms with Gasteiger partial charge in [-0.15, -0.1) is 12.6 Å². The SMILES string of the molecule is C/C=C/C=C(\S)C1=NC2(CCCCC2)C(=O)O1. The molecule has 1 aliphatic carbocycles. The lowest BCUT2D eigenvalue weighted by molar-refractivity contribution is -0.140. The molecule has 0 radical (unpaired) electrons. The van der Waals surface area contributed by atoms with Crippen molar-refractivity contribution in [2.24, 2.45) is 4.99 Å². The summed E-state index contributed by atoms with van der Waals surface area (Å²) in [4.78, 5) is 17.0. The minimum absolute atomic E-state index is 0.201. The van der Waals surface area contributed by atoms with Crippen LogP contribution in [0.15, 0.2) is 28.1 Å². The number of ether oxygens (including phenoxy) is 1. The van der Waals surface area contributed by atoms with Crippen LogP contribution in [0.5, 0.6) is 0 Å². The van der Waals surface area contributed by atoms with Crippen molar-refractivity contribution in [2.75, 3.05) is 0 Å². The fourth-order valence-electron chi connectivity index (χ4n) is 2.27. The van der Waals surface area contributed by atoms with Crippen LogP contribution in [0.4, 0.5) is 0 Å². The normalized spacial score (nSPS) is 24.2. The van der Waals surface area contributed by atoms with Crippen LogP contribution in [0.2, 0.25) is 0 Å². The van der Waals surface area contributed by atoms with E-state index in [9.17, 15) is 4.79 Å². The summed E-state index contributed by atoms with van der Waals surface area (Å²) in [7, 11) is 0. The number of esters is 1. The second-order valence-corrected chi connectivity index (χ2v) is 4.96. The lowest BCUT2D eigenvalue weighted by Gasteiger charge is -2.25. The molecule has 0 aromatic heterocycles. The molecule has 1 fully saturated rings. The van der Waals surface area contributed by atoms with Crippen LogP contribution in [0.3, 0.4) is 0 Å². The Kier molecular flexibility index (Phi) is 3.72. The molecule has 1 saturated carbocycles. The van der Waals surface area contributed by atoms with Crippen LogP contribution >= 0.6 is 12.6 Å². The topological polar surface area (TPSA) is 38.7 Å². The van der Waals surface area contributed by atoms with Gasteiger partial charge < -0.3 is 4.74 Å². The largest absolute Gasteiger partial charge is 0.405 e. The molecule has 3 nitrogen and oxygen atoms in total. The van der Waals surface area contributed by atoms with Crippen molar-refractivity contribution in [1.29, 1.82) is 0 Å².